The number of rotatable bonds is 5. The minimum Gasteiger partial charge on any atom is -0.481 e. The van der Waals surface area contributed by atoms with E-state index in [1.165, 1.54) is 0 Å². The Morgan fingerprint density at radius 2 is 2.00 bits per heavy atom. The van der Waals surface area contributed by atoms with E-state index in [2.05, 4.69) is 20.7 Å². The van der Waals surface area contributed by atoms with Crippen molar-refractivity contribution >= 4 is 37.6 Å². The second-order valence-corrected chi connectivity index (χ2v) is 6.70. The second-order valence-electron chi connectivity index (χ2n) is 4.00. The van der Waals surface area contributed by atoms with Crippen LogP contribution >= 0.6 is 15.9 Å². The van der Waals surface area contributed by atoms with Gasteiger partial charge in [0, 0.05) is 4.47 Å². The molecule has 100 valence electrons. The predicted molar refractivity (Wildman–Crippen MR) is 73.3 cm³/mol. The fourth-order valence-electron chi connectivity index (χ4n) is 1.47. The highest BCUT2D eigenvalue weighted by molar-refractivity contribution is 9.10. The molecule has 0 aliphatic heterocycles. The van der Waals surface area contributed by atoms with Crippen LogP contribution in [-0.2, 0) is 14.8 Å². The quantitative estimate of drug-likeness (QED) is 0.864. The number of hydrogen-bond acceptors (Lipinski definition) is 3. The van der Waals surface area contributed by atoms with Crippen molar-refractivity contribution in [2.24, 2.45) is 0 Å². The Morgan fingerprint density at radius 3 is 2.50 bits per heavy atom. The minimum atomic E-state index is -3.65. The monoisotopic (exact) mass is 335 g/mol. The van der Waals surface area contributed by atoms with E-state index in [1.807, 2.05) is 13.0 Å². The normalized spacial score (nSPS) is 11.3. The molecular formula is C11H14BrNO4S. The van der Waals surface area contributed by atoms with E-state index in [1.54, 1.807) is 13.0 Å². The van der Waals surface area contributed by atoms with Crippen LogP contribution in [0.2, 0.25) is 0 Å². The summed E-state index contributed by atoms with van der Waals surface area (Å²) >= 11 is 3.29. The maximum absolute atomic E-state index is 11.7. The molecule has 0 radical (unpaired) electrons. The average Bonchev–Trinajstić information content (AvgIpc) is 2.21. The van der Waals surface area contributed by atoms with Gasteiger partial charge in [-0.25, -0.2) is 8.42 Å². The smallest absolute Gasteiger partial charge is 0.304 e. The van der Waals surface area contributed by atoms with Crippen LogP contribution in [-0.4, -0.2) is 25.2 Å². The number of halogens is 1. The molecule has 0 heterocycles. The lowest BCUT2D eigenvalue weighted by Gasteiger charge is -2.12. The van der Waals surface area contributed by atoms with Gasteiger partial charge in [0.15, 0.2) is 0 Å². The molecule has 0 bridgehead atoms. The van der Waals surface area contributed by atoms with Crippen LogP contribution in [0.3, 0.4) is 0 Å². The van der Waals surface area contributed by atoms with E-state index in [0.717, 1.165) is 11.1 Å². The molecule has 0 spiro atoms. The summed E-state index contributed by atoms with van der Waals surface area (Å²) in [6.07, 6.45) is -0.419. The Balaban J connectivity index is 2.94. The average molecular weight is 336 g/mol. The fraction of sp³-hybridized carbons (Fsp3) is 0.364. The Labute approximate surface area is 114 Å². The molecule has 0 amide bonds. The third-order valence-electron chi connectivity index (χ3n) is 2.27. The van der Waals surface area contributed by atoms with E-state index >= 15 is 0 Å². The molecule has 0 fully saturated rings. The van der Waals surface area contributed by atoms with Gasteiger partial charge < -0.3 is 5.11 Å². The van der Waals surface area contributed by atoms with Crippen molar-refractivity contribution < 1.29 is 18.3 Å². The van der Waals surface area contributed by atoms with Gasteiger partial charge in [-0.3, -0.25) is 9.52 Å². The van der Waals surface area contributed by atoms with Gasteiger partial charge in [0.05, 0.1) is 17.9 Å². The van der Waals surface area contributed by atoms with Gasteiger partial charge >= 0.3 is 5.97 Å². The lowest BCUT2D eigenvalue weighted by molar-refractivity contribution is -0.136. The molecule has 0 aromatic heterocycles. The van der Waals surface area contributed by atoms with Crippen molar-refractivity contribution in [1.29, 1.82) is 0 Å². The van der Waals surface area contributed by atoms with Gasteiger partial charge in [-0.1, -0.05) is 6.07 Å². The first-order chi connectivity index (χ1) is 8.21. The first kappa shape index (κ1) is 15.0. The number of hydrogen-bond donors (Lipinski definition) is 2. The van der Waals surface area contributed by atoms with E-state index in [9.17, 15) is 13.2 Å². The van der Waals surface area contributed by atoms with Crippen LogP contribution in [0.1, 0.15) is 17.5 Å². The molecule has 7 heteroatoms. The Morgan fingerprint density at radius 1 is 1.39 bits per heavy atom. The number of anilines is 1. The van der Waals surface area contributed by atoms with Crippen molar-refractivity contribution in [2.45, 2.75) is 20.3 Å². The molecule has 0 unspecified atom stereocenters. The van der Waals surface area contributed by atoms with Crippen LogP contribution < -0.4 is 4.72 Å². The topological polar surface area (TPSA) is 83.5 Å². The highest BCUT2D eigenvalue weighted by atomic mass is 79.9. The number of sulfonamides is 1. The lowest BCUT2D eigenvalue weighted by atomic mass is 10.1. The zero-order chi connectivity index (χ0) is 13.9. The second kappa shape index (κ2) is 5.71. The highest BCUT2D eigenvalue weighted by Crippen LogP contribution is 2.28. The first-order valence-corrected chi connectivity index (χ1v) is 7.65. The minimum absolute atomic E-state index is 0.419. The number of benzene rings is 1. The number of aliphatic carboxylic acids is 1. The standard InChI is InChI=1S/C11H14BrNO4S/c1-7-5-8(2)11(9(12)6-7)13-18(16,17)4-3-10(14)15/h5-6,13H,3-4H2,1-2H3,(H,14,15). The first-order valence-electron chi connectivity index (χ1n) is 5.20. The van der Waals surface area contributed by atoms with Crippen molar-refractivity contribution in [3.05, 3.63) is 27.7 Å². The summed E-state index contributed by atoms with van der Waals surface area (Å²) in [5.41, 5.74) is 2.24. The number of carboxylic acids is 1. The molecule has 0 aliphatic rings. The molecule has 18 heavy (non-hydrogen) atoms. The fourth-order valence-corrected chi connectivity index (χ4v) is 3.50. The van der Waals surface area contributed by atoms with Crippen molar-refractivity contribution in [3.63, 3.8) is 0 Å². The van der Waals surface area contributed by atoms with Crippen LogP contribution in [0.4, 0.5) is 5.69 Å². The van der Waals surface area contributed by atoms with Gasteiger partial charge in [-0.05, 0) is 47.0 Å². The molecule has 2 N–H and O–H groups in total. The molecule has 5 nitrogen and oxygen atoms in total. The largest absolute Gasteiger partial charge is 0.481 e. The molecular weight excluding hydrogens is 322 g/mol. The summed E-state index contributed by atoms with van der Waals surface area (Å²) in [7, 11) is -3.65. The van der Waals surface area contributed by atoms with Crippen LogP contribution in [0, 0.1) is 13.8 Å². The number of carbonyl (C=O) groups is 1. The highest BCUT2D eigenvalue weighted by Gasteiger charge is 2.16. The number of carboxylic acid groups (broad SMARTS) is 1. The van der Waals surface area contributed by atoms with Crippen LogP contribution in [0.25, 0.3) is 0 Å². The maximum atomic E-state index is 11.7. The zero-order valence-corrected chi connectivity index (χ0v) is 12.4. The Hall–Kier alpha value is -1.08. The maximum Gasteiger partial charge on any atom is 0.304 e. The summed E-state index contributed by atoms with van der Waals surface area (Å²) in [5.74, 6) is -1.58. The van der Waals surface area contributed by atoms with E-state index in [0.29, 0.717) is 10.2 Å². The van der Waals surface area contributed by atoms with Gasteiger partial charge in [-0.2, -0.15) is 0 Å². The zero-order valence-electron chi connectivity index (χ0n) is 10.0. The Kier molecular flexibility index (Phi) is 4.75. The summed E-state index contributed by atoms with van der Waals surface area (Å²) in [6, 6.07) is 3.64. The molecule has 1 aromatic carbocycles. The summed E-state index contributed by atoms with van der Waals surface area (Å²) < 4.78 is 26.4. The van der Waals surface area contributed by atoms with Gasteiger partial charge in [0.2, 0.25) is 10.0 Å². The molecule has 1 rings (SSSR count). The third kappa shape index (κ3) is 4.30. The summed E-state index contributed by atoms with van der Waals surface area (Å²) in [5, 5.41) is 8.49. The van der Waals surface area contributed by atoms with E-state index < -0.39 is 28.2 Å². The van der Waals surface area contributed by atoms with Crippen LogP contribution in [0.5, 0.6) is 0 Å². The summed E-state index contributed by atoms with van der Waals surface area (Å²) in [4.78, 5) is 10.4. The number of nitrogens with one attached hydrogen (secondary N) is 1. The SMILES string of the molecule is Cc1cc(C)c(NS(=O)(=O)CCC(=O)O)c(Br)c1. The molecule has 1 aromatic rings. The van der Waals surface area contributed by atoms with Gasteiger partial charge in [0.1, 0.15) is 0 Å². The van der Waals surface area contributed by atoms with Gasteiger partial charge in [0.25, 0.3) is 0 Å². The van der Waals surface area contributed by atoms with Gasteiger partial charge in [-0.15, -0.1) is 0 Å². The van der Waals surface area contributed by atoms with Crippen molar-refractivity contribution in [2.75, 3.05) is 10.5 Å². The Bertz CT molecular complexity index is 545. The molecule has 0 saturated heterocycles. The van der Waals surface area contributed by atoms with Crippen LogP contribution in [0.15, 0.2) is 16.6 Å². The molecule has 0 saturated carbocycles. The van der Waals surface area contributed by atoms with E-state index in [4.69, 9.17) is 5.11 Å². The predicted octanol–water partition coefficient (Wildman–Crippen LogP) is 2.28. The van der Waals surface area contributed by atoms with E-state index in [-0.39, 0.29) is 0 Å². The van der Waals surface area contributed by atoms with Crippen molar-refractivity contribution in [3.8, 4) is 0 Å². The lowest BCUT2D eigenvalue weighted by Crippen LogP contribution is -2.19. The molecule has 0 aliphatic carbocycles. The summed E-state index contributed by atoms with van der Waals surface area (Å²) in [6.45, 7) is 3.69. The van der Waals surface area contributed by atoms with Crippen molar-refractivity contribution in [1.82, 2.24) is 0 Å². The third-order valence-corrected chi connectivity index (χ3v) is 4.16. The number of aryl methyl sites for hydroxylation is 2. The molecule has 0 atom stereocenters.